The molecule has 0 saturated carbocycles. The molecule has 0 bridgehead atoms. The van der Waals surface area contributed by atoms with E-state index in [9.17, 15) is 0 Å². The van der Waals surface area contributed by atoms with Gasteiger partial charge in [0.2, 0.25) is 0 Å². The Morgan fingerprint density at radius 3 is 1.43 bits per heavy atom. The van der Waals surface area contributed by atoms with Gasteiger partial charge in [0.15, 0.2) is 0 Å². The van der Waals surface area contributed by atoms with Crippen LogP contribution in [0.15, 0.2) is 12.7 Å². The van der Waals surface area contributed by atoms with Crippen LogP contribution in [-0.2, 0) is 0 Å². The van der Waals surface area contributed by atoms with Gasteiger partial charge in [-0.05, 0) is 6.92 Å². The van der Waals surface area contributed by atoms with Gasteiger partial charge >= 0.3 is 31.0 Å². The summed E-state index contributed by atoms with van der Waals surface area (Å²) in [6.07, 6.45) is 1.75. The Morgan fingerprint density at radius 1 is 1.43 bits per heavy atom. The normalized spacial score (nSPS) is 4.43. The fourth-order valence-corrected chi connectivity index (χ4v) is 0. The number of halogens is 1. The van der Waals surface area contributed by atoms with Crippen molar-refractivity contribution in [3.8, 4) is 0 Å². The SMILES string of the molecule is C=CC.Cl.[CH3][Sn][CH3]. The van der Waals surface area contributed by atoms with Gasteiger partial charge in [0, 0.05) is 0 Å². The maximum absolute atomic E-state index is 3.36. The molecule has 0 rings (SSSR count). The average Bonchev–Trinajstić information content (AvgIpc) is 1.39. The predicted molar refractivity (Wildman–Crippen MR) is 40.6 cm³/mol. The molecule has 0 atom stereocenters. The molecule has 0 aliphatic carbocycles. The predicted octanol–water partition coefficient (Wildman–Crippen LogP) is 2.40. The second-order valence-electron chi connectivity index (χ2n) is 0.908. The molecule has 0 nitrogen and oxygen atoms in total. The van der Waals surface area contributed by atoms with Crippen LogP contribution < -0.4 is 0 Å². The van der Waals surface area contributed by atoms with Crippen molar-refractivity contribution in [2.24, 2.45) is 0 Å². The molecule has 0 amide bonds. The van der Waals surface area contributed by atoms with E-state index < -0.39 is 0 Å². The van der Waals surface area contributed by atoms with Crippen molar-refractivity contribution in [1.82, 2.24) is 0 Å². The minimum atomic E-state index is 0. The topological polar surface area (TPSA) is 0 Å². The molecule has 0 unspecified atom stereocenters. The molecule has 0 spiro atoms. The summed E-state index contributed by atoms with van der Waals surface area (Å²) in [5, 5.41) is 0. The number of allylic oxidation sites excluding steroid dienone is 1. The molecular weight excluding hydrogens is 214 g/mol. The molecule has 0 heterocycles. The summed E-state index contributed by atoms with van der Waals surface area (Å²) in [5.41, 5.74) is 0. The maximum atomic E-state index is 3.36. The summed E-state index contributed by atoms with van der Waals surface area (Å²) >= 11 is 0.230. The van der Waals surface area contributed by atoms with Gasteiger partial charge in [-0.2, -0.15) is 0 Å². The molecule has 0 aliphatic rings. The Bertz CT molecular complexity index is 22.0. The van der Waals surface area contributed by atoms with Crippen LogP contribution in [0.4, 0.5) is 0 Å². The first-order valence-electron chi connectivity index (χ1n) is 1.99. The third-order valence-corrected chi connectivity index (χ3v) is 0. The van der Waals surface area contributed by atoms with Gasteiger partial charge in [-0.25, -0.2) is 0 Å². The molecular formula is C5H13ClSn. The van der Waals surface area contributed by atoms with Crippen LogP contribution in [0.1, 0.15) is 6.92 Å². The monoisotopic (exact) mass is 228 g/mol. The van der Waals surface area contributed by atoms with Crippen LogP contribution in [0.2, 0.25) is 9.88 Å². The van der Waals surface area contributed by atoms with Gasteiger partial charge in [-0.1, -0.05) is 6.08 Å². The van der Waals surface area contributed by atoms with Crippen molar-refractivity contribution in [3.05, 3.63) is 12.7 Å². The Labute approximate surface area is 63.0 Å². The molecule has 2 heteroatoms. The first-order valence-corrected chi connectivity index (χ1v) is 7.69. The first kappa shape index (κ1) is 15.7. The van der Waals surface area contributed by atoms with E-state index in [1.165, 1.54) is 0 Å². The van der Waals surface area contributed by atoms with Crippen molar-refractivity contribution in [3.63, 3.8) is 0 Å². The van der Waals surface area contributed by atoms with Gasteiger partial charge in [-0.3, -0.25) is 0 Å². The second kappa shape index (κ2) is 29.0. The summed E-state index contributed by atoms with van der Waals surface area (Å²) in [7, 11) is 0. The Hall–Kier alpha value is 0.829. The molecule has 7 heavy (non-hydrogen) atoms. The van der Waals surface area contributed by atoms with Gasteiger partial charge in [0.05, 0.1) is 0 Å². The molecule has 0 aromatic rings. The molecule has 0 aromatic carbocycles. The quantitative estimate of drug-likeness (QED) is 0.440. The molecule has 0 N–H and O–H groups in total. The number of hydrogen-bond acceptors (Lipinski definition) is 0. The summed E-state index contributed by atoms with van der Waals surface area (Å²) in [6, 6.07) is 0. The fraction of sp³-hybridized carbons (Fsp3) is 0.600. The van der Waals surface area contributed by atoms with Gasteiger partial charge < -0.3 is 0 Å². The Morgan fingerprint density at radius 2 is 1.43 bits per heavy atom. The van der Waals surface area contributed by atoms with Crippen molar-refractivity contribution >= 4 is 33.5 Å². The molecule has 0 saturated heterocycles. The van der Waals surface area contributed by atoms with Gasteiger partial charge in [0.1, 0.15) is 0 Å². The zero-order valence-corrected chi connectivity index (χ0v) is 8.86. The third-order valence-electron chi connectivity index (χ3n) is 0. The van der Waals surface area contributed by atoms with Crippen molar-refractivity contribution in [2.45, 2.75) is 16.8 Å². The van der Waals surface area contributed by atoms with E-state index in [0.29, 0.717) is 0 Å². The van der Waals surface area contributed by atoms with Crippen LogP contribution in [0.25, 0.3) is 0 Å². The van der Waals surface area contributed by atoms with Crippen LogP contribution in [0.3, 0.4) is 0 Å². The summed E-state index contributed by atoms with van der Waals surface area (Å²) < 4.78 is 0. The Balaban J connectivity index is -0.0000000400. The molecule has 0 aliphatic heterocycles. The molecule has 0 fully saturated rings. The van der Waals surface area contributed by atoms with Gasteiger partial charge in [-0.15, -0.1) is 19.0 Å². The summed E-state index contributed by atoms with van der Waals surface area (Å²) in [4.78, 5) is 4.59. The van der Waals surface area contributed by atoms with Crippen molar-refractivity contribution in [1.29, 1.82) is 0 Å². The third kappa shape index (κ3) is 232. The fourth-order valence-electron chi connectivity index (χ4n) is 0. The van der Waals surface area contributed by atoms with Gasteiger partial charge in [0.25, 0.3) is 0 Å². The zero-order chi connectivity index (χ0) is 5.41. The minimum absolute atomic E-state index is 0. The standard InChI is InChI=1S/C3H6.2CH3.ClH.Sn/c1-3-2;;;;/h3H,1H2,2H3;2*1H3;1H;. The second-order valence-corrected chi connectivity index (χ2v) is 3.76. The first-order chi connectivity index (χ1) is 2.83. The molecule has 2 radical (unpaired) electrons. The van der Waals surface area contributed by atoms with E-state index in [1.54, 1.807) is 6.08 Å². The average molecular weight is 227 g/mol. The molecule has 44 valence electrons. The van der Waals surface area contributed by atoms with Crippen LogP contribution in [0.5, 0.6) is 0 Å². The number of hydrogen-bond donors (Lipinski definition) is 0. The molecule has 0 aromatic heterocycles. The summed E-state index contributed by atoms with van der Waals surface area (Å²) in [6.45, 7) is 5.25. The van der Waals surface area contributed by atoms with Crippen LogP contribution >= 0.6 is 12.4 Å². The van der Waals surface area contributed by atoms with E-state index >= 15 is 0 Å². The summed E-state index contributed by atoms with van der Waals surface area (Å²) in [5.74, 6) is 0. The van der Waals surface area contributed by atoms with E-state index in [-0.39, 0.29) is 33.5 Å². The van der Waals surface area contributed by atoms with Crippen molar-refractivity contribution < 1.29 is 0 Å². The van der Waals surface area contributed by atoms with Crippen molar-refractivity contribution in [2.75, 3.05) is 0 Å². The van der Waals surface area contributed by atoms with Crippen LogP contribution in [0, 0.1) is 0 Å². The van der Waals surface area contributed by atoms with E-state index in [1.807, 2.05) is 6.92 Å². The zero-order valence-electron chi connectivity index (χ0n) is 5.19. The number of rotatable bonds is 0. The van der Waals surface area contributed by atoms with E-state index in [4.69, 9.17) is 0 Å². The Kier molecular flexibility index (Phi) is 64.9. The van der Waals surface area contributed by atoms with E-state index in [2.05, 4.69) is 16.5 Å². The van der Waals surface area contributed by atoms with Crippen LogP contribution in [-0.4, -0.2) is 21.1 Å². The van der Waals surface area contributed by atoms with E-state index in [0.717, 1.165) is 0 Å².